The zero-order valence-electron chi connectivity index (χ0n) is 12.5. The highest BCUT2D eigenvalue weighted by molar-refractivity contribution is 5.75. The molecule has 3 nitrogen and oxygen atoms in total. The van der Waals surface area contributed by atoms with E-state index in [1.807, 2.05) is 6.07 Å². The van der Waals surface area contributed by atoms with Gasteiger partial charge < -0.3 is 5.32 Å². The third-order valence-electron chi connectivity index (χ3n) is 3.32. The number of amides is 1. The van der Waals surface area contributed by atoms with Crippen molar-refractivity contribution >= 4 is 5.91 Å². The van der Waals surface area contributed by atoms with E-state index in [2.05, 4.69) is 12.2 Å². The minimum Gasteiger partial charge on any atom is -0.355 e. The van der Waals surface area contributed by atoms with E-state index < -0.39 is 0 Å². The summed E-state index contributed by atoms with van der Waals surface area (Å²) in [4.78, 5) is 11.3. The Morgan fingerprint density at radius 1 is 0.947 bits per heavy atom. The molecule has 0 aliphatic rings. The fraction of sp³-hybridized carbons (Fsp3) is 0.875. The van der Waals surface area contributed by atoms with Crippen molar-refractivity contribution in [2.75, 3.05) is 6.54 Å². The van der Waals surface area contributed by atoms with E-state index in [1.54, 1.807) is 0 Å². The molecule has 0 heterocycles. The molecule has 0 saturated heterocycles. The van der Waals surface area contributed by atoms with Crippen LogP contribution in [0.2, 0.25) is 0 Å². The number of nitrogens with zero attached hydrogens (tertiary/aromatic N) is 1. The smallest absolute Gasteiger partial charge is 0.220 e. The highest BCUT2D eigenvalue weighted by atomic mass is 16.1. The van der Waals surface area contributed by atoms with E-state index in [4.69, 9.17) is 5.26 Å². The molecule has 0 aliphatic heterocycles. The van der Waals surface area contributed by atoms with Gasteiger partial charge in [-0.2, -0.15) is 5.26 Å². The minimum absolute atomic E-state index is 0.0924. The van der Waals surface area contributed by atoms with Gasteiger partial charge in [-0.3, -0.25) is 4.79 Å². The van der Waals surface area contributed by atoms with Crippen LogP contribution in [0.15, 0.2) is 0 Å². The predicted molar refractivity (Wildman–Crippen MR) is 79.7 cm³/mol. The van der Waals surface area contributed by atoms with Crippen LogP contribution in [0, 0.1) is 11.3 Å². The van der Waals surface area contributed by atoms with Crippen molar-refractivity contribution in [3.05, 3.63) is 0 Å². The standard InChI is InChI=1S/C16H30N2O/c1-2-3-4-5-6-7-8-9-10-11-13-16(19)18-15-12-14-17/h2-13,15H2,1H3,(H,18,19). The fourth-order valence-corrected chi connectivity index (χ4v) is 2.12. The second-order valence-electron chi connectivity index (χ2n) is 5.19. The van der Waals surface area contributed by atoms with Crippen LogP contribution >= 0.6 is 0 Å². The van der Waals surface area contributed by atoms with E-state index in [-0.39, 0.29) is 5.91 Å². The normalized spacial score (nSPS) is 10.1. The first kappa shape index (κ1) is 18.0. The summed E-state index contributed by atoms with van der Waals surface area (Å²) in [7, 11) is 0. The van der Waals surface area contributed by atoms with Crippen molar-refractivity contribution in [2.24, 2.45) is 0 Å². The molecule has 0 radical (unpaired) electrons. The Morgan fingerprint density at radius 3 is 2.00 bits per heavy atom. The predicted octanol–water partition coefficient (Wildman–Crippen LogP) is 4.33. The number of unbranched alkanes of at least 4 members (excludes halogenated alkanes) is 9. The van der Waals surface area contributed by atoms with Crippen LogP contribution in [0.4, 0.5) is 0 Å². The summed E-state index contributed by atoms with van der Waals surface area (Å²) in [5.41, 5.74) is 0. The Labute approximate surface area is 118 Å². The monoisotopic (exact) mass is 266 g/mol. The topological polar surface area (TPSA) is 52.9 Å². The van der Waals surface area contributed by atoms with Crippen LogP contribution in [-0.2, 0) is 4.79 Å². The van der Waals surface area contributed by atoms with Gasteiger partial charge in [0.1, 0.15) is 0 Å². The Morgan fingerprint density at radius 2 is 1.47 bits per heavy atom. The Hall–Kier alpha value is -1.04. The number of hydrogen-bond acceptors (Lipinski definition) is 2. The maximum atomic E-state index is 11.3. The van der Waals surface area contributed by atoms with Gasteiger partial charge in [-0.05, 0) is 6.42 Å². The maximum absolute atomic E-state index is 11.3. The van der Waals surface area contributed by atoms with Crippen molar-refractivity contribution in [1.29, 1.82) is 5.26 Å². The molecule has 0 unspecified atom stereocenters. The molecule has 110 valence electrons. The molecule has 0 bridgehead atoms. The van der Waals surface area contributed by atoms with E-state index in [9.17, 15) is 4.79 Å². The molecular formula is C16H30N2O. The summed E-state index contributed by atoms with van der Waals surface area (Å²) >= 11 is 0. The van der Waals surface area contributed by atoms with Gasteiger partial charge in [0.2, 0.25) is 5.91 Å². The van der Waals surface area contributed by atoms with Crippen molar-refractivity contribution in [3.63, 3.8) is 0 Å². The van der Waals surface area contributed by atoms with Gasteiger partial charge in [0, 0.05) is 13.0 Å². The molecule has 19 heavy (non-hydrogen) atoms. The lowest BCUT2D eigenvalue weighted by molar-refractivity contribution is -0.121. The van der Waals surface area contributed by atoms with Gasteiger partial charge in [-0.15, -0.1) is 0 Å². The van der Waals surface area contributed by atoms with Crippen LogP contribution in [0.25, 0.3) is 0 Å². The number of nitriles is 1. The molecule has 0 spiro atoms. The Kier molecular flexibility index (Phi) is 14.2. The summed E-state index contributed by atoms with van der Waals surface area (Å²) < 4.78 is 0. The first-order chi connectivity index (χ1) is 9.31. The van der Waals surface area contributed by atoms with Gasteiger partial charge in [-0.25, -0.2) is 0 Å². The average molecular weight is 266 g/mol. The van der Waals surface area contributed by atoms with Crippen LogP contribution in [0.5, 0.6) is 0 Å². The van der Waals surface area contributed by atoms with Crippen LogP contribution in [0.1, 0.15) is 84.0 Å². The lowest BCUT2D eigenvalue weighted by Crippen LogP contribution is -2.23. The van der Waals surface area contributed by atoms with Crippen molar-refractivity contribution in [1.82, 2.24) is 5.32 Å². The molecule has 0 aromatic rings. The summed E-state index contributed by atoms with van der Waals surface area (Å²) in [5, 5.41) is 11.1. The molecule has 0 rings (SSSR count). The number of carbonyl (C=O) groups is 1. The highest BCUT2D eigenvalue weighted by Gasteiger charge is 1.99. The number of nitrogens with one attached hydrogen (secondary N) is 1. The third kappa shape index (κ3) is 14.9. The van der Waals surface area contributed by atoms with Crippen molar-refractivity contribution in [3.8, 4) is 6.07 Å². The second-order valence-corrected chi connectivity index (χ2v) is 5.19. The largest absolute Gasteiger partial charge is 0.355 e. The SMILES string of the molecule is CCCCCCCCCCCCC(=O)NCCC#N. The van der Waals surface area contributed by atoms with Crippen molar-refractivity contribution in [2.45, 2.75) is 84.0 Å². The molecule has 0 saturated carbocycles. The molecular weight excluding hydrogens is 236 g/mol. The molecule has 1 N–H and O–H groups in total. The van der Waals surface area contributed by atoms with E-state index in [0.29, 0.717) is 19.4 Å². The molecule has 3 heteroatoms. The minimum atomic E-state index is 0.0924. The first-order valence-electron chi connectivity index (χ1n) is 7.95. The number of hydrogen-bond donors (Lipinski definition) is 1. The number of carbonyl (C=O) groups excluding carboxylic acids is 1. The Bertz CT molecular complexity index is 246. The highest BCUT2D eigenvalue weighted by Crippen LogP contribution is 2.11. The van der Waals surface area contributed by atoms with Gasteiger partial charge in [-0.1, -0.05) is 64.7 Å². The number of rotatable bonds is 13. The Balaban J connectivity index is 3.10. The van der Waals surface area contributed by atoms with Crippen LogP contribution < -0.4 is 5.32 Å². The van der Waals surface area contributed by atoms with E-state index in [1.165, 1.54) is 51.4 Å². The fourth-order valence-electron chi connectivity index (χ4n) is 2.12. The second kappa shape index (κ2) is 15.0. The molecule has 0 fully saturated rings. The van der Waals surface area contributed by atoms with Gasteiger partial charge >= 0.3 is 0 Å². The average Bonchev–Trinajstić information content (AvgIpc) is 2.41. The van der Waals surface area contributed by atoms with Gasteiger partial charge in [0.25, 0.3) is 0 Å². The summed E-state index contributed by atoms with van der Waals surface area (Å²) in [6.45, 7) is 2.74. The maximum Gasteiger partial charge on any atom is 0.220 e. The molecule has 0 aliphatic carbocycles. The molecule has 0 aromatic heterocycles. The van der Waals surface area contributed by atoms with Gasteiger partial charge in [0.05, 0.1) is 12.5 Å². The summed E-state index contributed by atoms with van der Waals surface area (Å²) in [6, 6.07) is 2.02. The molecule has 0 aromatic carbocycles. The quantitative estimate of drug-likeness (QED) is 0.504. The lowest BCUT2D eigenvalue weighted by atomic mass is 10.1. The van der Waals surface area contributed by atoms with Gasteiger partial charge in [0.15, 0.2) is 0 Å². The molecule has 1 amide bonds. The van der Waals surface area contributed by atoms with Crippen LogP contribution in [-0.4, -0.2) is 12.5 Å². The zero-order chi connectivity index (χ0) is 14.2. The van der Waals surface area contributed by atoms with Crippen LogP contribution in [0.3, 0.4) is 0 Å². The lowest BCUT2D eigenvalue weighted by Gasteiger charge is -2.03. The summed E-state index contributed by atoms with van der Waals surface area (Å²) in [6.07, 6.45) is 13.9. The first-order valence-corrected chi connectivity index (χ1v) is 7.95. The van der Waals surface area contributed by atoms with E-state index >= 15 is 0 Å². The summed E-state index contributed by atoms with van der Waals surface area (Å²) in [5.74, 6) is 0.0924. The zero-order valence-corrected chi connectivity index (χ0v) is 12.5. The third-order valence-corrected chi connectivity index (χ3v) is 3.32. The molecule has 0 atom stereocenters. The van der Waals surface area contributed by atoms with E-state index in [0.717, 1.165) is 12.8 Å². The van der Waals surface area contributed by atoms with Crippen molar-refractivity contribution < 1.29 is 4.79 Å².